The molecule has 1 aromatic carbocycles. The van der Waals surface area contributed by atoms with Gasteiger partial charge in [-0.05, 0) is 49.6 Å². The molecule has 0 fully saturated rings. The second kappa shape index (κ2) is 6.57. The molecular formula is C18H22FN5. The molecule has 0 spiro atoms. The minimum absolute atomic E-state index is 0.112. The van der Waals surface area contributed by atoms with E-state index in [-0.39, 0.29) is 17.8 Å². The van der Waals surface area contributed by atoms with Crippen LogP contribution in [-0.2, 0) is 0 Å². The van der Waals surface area contributed by atoms with Crippen LogP contribution in [0.15, 0.2) is 42.3 Å². The van der Waals surface area contributed by atoms with Gasteiger partial charge in [0.2, 0.25) is 0 Å². The molecule has 0 radical (unpaired) electrons. The van der Waals surface area contributed by atoms with Gasteiger partial charge in [0.1, 0.15) is 11.7 Å². The zero-order valence-corrected chi connectivity index (χ0v) is 14.3. The average Bonchev–Trinajstić information content (AvgIpc) is 3.14. The number of allylic oxidation sites excluding steroid dienone is 3. The van der Waals surface area contributed by atoms with Crippen molar-refractivity contribution in [2.45, 2.75) is 26.8 Å². The van der Waals surface area contributed by atoms with Gasteiger partial charge < -0.3 is 5.43 Å². The number of halogens is 1. The van der Waals surface area contributed by atoms with Crippen LogP contribution in [0.4, 0.5) is 10.1 Å². The van der Waals surface area contributed by atoms with Crippen molar-refractivity contribution in [1.82, 2.24) is 20.2 Å². The normalized spacial score (nSPS) is 19.5. The number of benzene rings is 1. The Morgan fingerprint density at radius 2 is 2.21 bits per heavy atom. The lowest BCUT2D eigenvalue weighted by Crippen LogP contribution is -2.26. The van der Waals surface area contributed by atoms with Gasteiger partial charge in [0.25, 0.3) is 0 Å². The number of aromatic amines is 1. The van der Waals surface area contributed by atoms with E-state index in [9.17, 15) is 4.39 Å². The number of hydrazine groups is 1. The Hall–Kier alpha value is -2.47. The van der Waals surface area contributed by atoms with Crippen molar-refractivity contribution in [3.8, 4) is 11.4 Å². The summed E-state index contributed by atoms with van der Waals surface area (Å²) in [5.74, 6) is 1.39. The lowest BCUT2D eigenvalue weighted by molar-refractivity contribution is 0.270. The summed E-state index contributed by atoms with van der Waals surface area (Å²) in [4.78, 5) is 4.39. The van der Waals surface area contributed by atoms with E-state index in [0.717, 1.165) is 22.6 Å². The number of aromatic nitrogens is 3. The van der Waals surface area contributed by atoms with Gasteiger partial charge in [0.15, 0.2) is 5.82 Å². The zero-order valence-electron chi connectivity index (χ0n) is 14.3. The lowest BCUT2D eigenvalue weighted by atomic mass is 9.92. The molecule has 1 aromatic heterocycles. The highest BCUT2D eigenvalue weighted by Gasteiger charge is 2.31. The number of hydrogen-bond acceptors (Lipinski definition) is 4. The van der Waals surface area contributed by atoms with Crippen LogP contribution in [-0.4, -0.2) is 27.2 Å². The first kappa shape index (κ1) is 16.4. The summed E-state index contributed by atoms with van der Waals surface area (Å²) < 4.78 is 13.4. The van der Waals surface area contributed by atoms with Gasteiger partial charge in [0, 0.05) is 12.6 Å². The minimum Gasteiger partial charge on any atom is -0.318 e. The van der Waals surface area contributed by atoms with Gasteiger partial charge >= 0.3 is 0 Å². The number of aryl methyl sites for hydroxylation is 1. The summed E-state index contributed by atoms with van der Waals surface area (Å²) in [6, 6.07) is 6.26. The Bertz CT molecular complexity index is 792. The van der Waals surface area contributed by atoms with Gasteiger partial charge in [-0.2, -0.15) is 5.10 Å². The van der Waals surface area contributed by atoms with Crippen molar-refractivity contribution in [3.63, 3.8) is 0 Å². The zero-order chi connectivity index (χ0) is 17.3. The molecule has 5 nitrogen and oxygen atoms in total. The van der Waals surface area contributed by atoms with E-state index in [1.165, 1.54) is 12.2 Å². The van der Waals surface area contributed by atoms with E-state index in [1.807, 2.05) is 32.2 Å². The highest BCUT2D eigenvalue weighted by Crippen LogP contribution is 2.41. The van der Waals surface area contributed by atoms with Gasteiger partial charge in [0.05, 0.1) is 11.7 Å². The monoisotopic (exact) mass is 327 g/mol. The van der Waals surface area contributed by atoms with E-state index in [4.69, 9.17) is 0 Å². The Morgan fingerprint density at radius 3 is 2.88 bits per heavy atom. The third-order valence-electron chi connectivity index (χ3n) is 4.27. The standard InChI is InChI=1S/C18H22FN5/c1-5-14(19)8-6-11(2)17-15-10-13(18-20-12(3)21-22-18)7-9-16(15)23-24(17)4/h5-11,17,23H,1-4H3,(H,20,21,22)/b8-6-,14-5+. The predicted octanol–water partition coefficient (Wildman–Crippen LogP) is 4.16. The van der Waals surface area contributed by atoms with Crippen LogP contribution in [0.2, 0.25) is 0 Å². The number of anilines is 1. The Balaban J connectivity index is 1.93. The summed E-state index contributed by atoms with van der Waals surface area (Å²) in [5, 5.41) is 9.16. The van der Waals surface area contributed by atoms with Gasteiger partial charge in [-0.3, -0.25) is 5.10 Å². The molecule has 2 atom stereocenters. The third-order valence-corrected chi connectivity index (χ3v) is 4.27. The maximum Gasteiger partial charge on any atom is 0.181 e. The van der Waals surface area contributed by atoms with E-state index >= 15 is 0 Å². The van der Waals surface area contributed by atoms with Crippen LogP contribution in [0.3, 0.4) is 0 Å². The molecule has 0 saturated heterocycles. The lowest BCUT2D eigenvalue weighted by Gasteiger charge is -2.24. The maximum atomic E-state index is 13.4. The number of H-pyrrole nitrogens is 1. The number of nitrogens with one attached hydrogen (secondary N) is 2. The fraction of sp³-hybridized carbons (Fsp3) is 0.333. The summed E-state index contributed by atoms with van der Waals surface area (Å²) >= 11 is 0. The topological polar surface area (TPSA) is 56.8 Å². The molecule has 126 valence electrons. The van der Waals surface area contributed by atoms with E-state index in [2.05, 4.69) is 38.6 Å². The van der Waals surface area contributed by atoms with Crippen LogP contribution in [0.25, 0.3) is 11.4 Å². The quantitative estimate of drug-likeness (QED) is 0.828. The second-order valence-corrected chi connectivity index (χ2v) is 6.11. The summed E-state index contributed by atoms with van der Waals surface area (Å²) in [6.45, 7) is 5.65. The molecule has 2 N–H and O–H groups in total. The number of fused-ring (bicyclic) bond motifs is 1. The number of nitrogens with zero attached hydrogens (tertiary/aromatic N) is 3. The fourth-order valence-corrected chi connectivity index (χ4v) is 3.07. The van der Waals surface area contributed by atoms with E-state index in [0.29, 0.717) is 5.82 Å². The first-order chi connectivity index (χ1) is 11.5. The molecule has 0 amide bonds. The summed E-state index contributed by atoms with van der Waals surface area (Å²) in [5.41, 5.74) is 6.55. The first-order valence-corrected chi connectivity index (χ1v) is 8.02. The molecule has 2 unspecified atom stereocenters. The van der Waals surface area contributed by atoms with Crippen molar-refractivity contribution in [2.24, 2.45) is 5.92 Å². The Labute approximate surface area is 141 Å². The average molecular weight is 327 g/mol. The van der Waals surface area contributed by atoms with Crippen molar-refractivity contribution < 1.29 is 4.39 Å². The molecule has 6 heteroatoms. The fourth-order valence-electron chi connectivity index (χ4n) is 3.07. The molecule has 1 aliphatic heterocycles. The highest BCUT2D eigenvalue weighted by atomic mass is 19.1. The molecule has 3 rings (SSSR count). The smallest absolute Gasteiger partial charge is 0.181 e. The third kappa shape index (κ3) is 3.10. The molecule has 0 bridgehead atoms. The predicted molar refractivity (Wildman–Crippen MR) is 93.9 cm³/mol. The van der Waals surface area contributed by atoms with Gasteiger partial charge in [-0.25, -0.2) is 14.4 Å². The molecular weight excluding hydrogens is 305 g/mol. The molecule has 2 heterocycles. The largest absolute Gasteiger partial charge is 0.318 e. The van der Waals surface area contributed by atoms with Crippen LogP contribution in [0, 0.1) is 12.8 Å². The number of hydrogen-bond donors (Lipinski definition) is 2. The molecule has 0 saturated carbocycles. The van der Waals surface area contributed by atoms with E-state index < -0.39 is 0 Å². The molecule has 2 aromatic rings. The van der Waals surface area contributed by atoms with Gasteiger partial charge in [-0.15, -0.1) is 0 Å². The van der Waals surface area contributed by atoms with Crippen LogP contribution >= 0.6 is 0 Å². The van der Waals surface area contributed by atoms with E-state index in [1.54, 1.807) is 6.92 Å². The summed E-state index contributed by atoms with van der Waals surface area (Å²) in [7, 11) is 2.00. The van der Waals surface area contributed by atoms with Crippen molar-refractivity contribution >= 4 is 5.69 Å². The molecule has 0 aliphatic carbocycles. The van der Waals surface area contributed by atoms with Crippen LogP contribution in [0.5, 0.6) is 0 Å². The Morgan fingerprint density at radius 1 is 1.42 bits per heavy atom. The maximum absolute atomic E-state index is 13.4. The van der Waals surface area contributed by atoms with Crippen molar-refractivity contribution in [2.75, 3.05) is 12.5 Å². The molecule has 1 aliphatic rings. The first-order valence-electron chi connectivity index (χ1n) is 8.02. The van der Waals surface area contributed by atoms with Gasteiger partial charge in [-0.1, -0.05) is 19.1 Å². The highest BCUT2D eigenvalue weighted by molar-refractivity contribution is 5.66. The minimum atomic E-state index is -0.222. The summed E-state index contributed by atoms with van der Waals surface area (Å²) in [6.07, 6.45) is 4.88. The van der Waals surface area contributed by atoms with Crippen molar-refractivity contribution in [1.29, 1.82) is 0 Å². The second-order valence-electron chi connectivity index (χ2n) is 6.11. The number of rotatable bonds is 4. The SMILES string of the molecule is C/C=C(F)\C=C/C(C)C1c2cc(-c3n[nH]c(C)n3)ccc2NN1C. The van der Waals surface area contributed by atoms with Crippen molar-refractivity contribution in [3.05, 3.63) is 53.6 Å². The Kier molecular flexibility index (Phi) is 4.49. The van der Waals surface area contributed by atoms with Crippen LogP contribution < -0.4 is 5.43 Å². The van der Waals surface area contributed by atoms with Crippen LogP contribution in [0.1, 0.15) is 31.3 Å². The molecule has 24 heavy (non-hydrogen) atoms.